The molecule has 0 atom stereocenters. The summed E-state index contributed by atoms with van der Waals surface area (Å²) in [5, 5.41) is 9.14. The maximum Gasteiger partial charge on any atom is 0.287 e. The van der Waals surface area contributed by atoms with Crippen molar-refractivity contribution in [2.75, 3.05) is 6.54 Å². The molecule has 4 rings (SSSR count). The third-order valence-corrected chi connectivity index (χ3v) is 5.98. The smallest absolute Gasteiger partial charge is 0.287 e. The molecule has 1 aliphatic rings. The molecular weight excluding hydrogens is 398 g/mol. The average Bonchev–Trinajstić information content (AvgIpc) is 3.42. The third-order valence-electron chi connectivity index (χ3n) is 5.11. The summed E-state index contributed by atoms with van der Waals surface area (Å²) in [5.41, 5.74) is 6.17. The molecule has 1 aromatic carbocycles. The highest BCUT2D eigenvalue weighted by atomic mass is 32.1. The molecule has 0 radical (unpaired) electrons. The number of benzene rings is 1. The van der Waals surface area contributed by atoms with Gasteiger partial charge in [-0.05, 0) is 43.2 Å². The van der Waals surface area contributed by atoms with Gasteiger partial charge in [0.05, 0.1) is 10.6 Å². The van der Waals surface area contributed by atoms with Crippen molar-refractivity contribution in [1.82, 2.24) is 10.7 Å². The molecule has 6 nitrogen and oxygen atoms in total. The van der Waals surface area contributed by atoms with Crippen LogP contribution in [0.25, 0.3) is 0 Å². The summed E-state index contributed by atoms with van der Waals surface area (Å²) in [6.45, 7) is 2.40. The first-order valence-corrected chi connectivity index (χ1v) is 10.9. The zero-order chi connectivity index (χ0) is 20.9. The van der Waals surface area contributed by atoms with Crippen LogP contribution in [0, 0.1) is 6.92 Å². The van der Waals surface area contributed by atoms with Gasteiger partial charge in [0.25, 0.3) is 11.8 Å². The molecule has 154 valence electrons. The number of carbonyl (C=O) groups excluding carboxylic acids is 2. The van der Waals surface area contributed by atoms with Gasteiger partial charge in [-0.3, -0.25) is 9.59 Å². The molecule has 1 aliphatic carbocycles. The molecule has 30 heavy (non-hydrogen) atoms. The fourth-order valence-electron chi connectivity index (χ4n) is 3.62. The number of amides is 2. The highest BCUT2D eigenvalue weighted by Gasteiger charge is 2.28. The second-order valence-corrected chi connectivity index (χ2v) is 8.12. The topological polar surface area (TPSA) is 83.7 Å². The molecule has 0 spiro atoms. The number of thiophene rings is 1. The van der Waals surface area contributed by atoms with Crippen molar-refractivity contribution in [3.63, 3.8) is 0 Å². The van der Waals surface area contributed by atoms with E-state index in [1.165, 1.54) is 16.9 Å². The first-order valence-electron chi connectivity index (χ1n) is 9.98. The van der Waals surface area contributed by atoms with Gasteiger partial charge in [-0.15, -0.1) is 11.3 Å². The van der Waals surface area contributed by atoms with Gasteiger partial charge in [-0.25, -0.2) is 5.43 Å². The van der Waals surface area contributed by atoms with Crippen molar-refractivity contribution < 1.29 is 14.0 Å². The number of carbonyl (C=O) groups is 2. The molecule has 0 fully saturated rings. The lowest BCUT2D eigenvalue weighted by Gasteiger charge is -2.13. The van der Waals surface area contributed by atoms with Crippen molar-refractivity contribution in [2.24, 2.45) is 5.10 Å². The quantitative estimate of drug-likeness (QED) is 0.588. The fourth-order valence-corrected chi connectivity index (χ4v) is 4.24. The van der Waals surface area contributed by atoms with E-state index in [9.17, 15) is 9.59 Å². The molecule has 0 bridgehead atoms. The van der Waals surface area contributed by atoms with Crippen LogP contribution in [0.4, 0.5) is 0 Å². The number of hydrazone groups is 1. The Morgan fingerprint density at radius 1 is 1.10 bits per heavy atom. The Morgan fingerprint density at radius 3 is 2.70 bits per heavy atom. The minimum atomic E-state index is -0.232. The zero-order valence-corrected chi connectivity index (χ0v) is 17.6. The highest BCUT2D eigenvalue weighted by Crippen LogP contribution is 2.29. The van der Waals surface area contributed by atoms with Crippen molar-refractivity contribution in [2.45, 2.75) is 32.6 Å². The van der Waals surface area contributed by atoms with Crippen molar-refractivity contribution in [3.05, 3.63) is 80.9 Å². The monoisotopic (exact) mass is 421 g/mol. The van der Waals surface area contributed by atoms with Gasteiger partial charge < -0.3 is 9.73 Å². The number of nitrogens with zero attached hydrogens (tertiary/aromatic N) is 1. The normalized spacial score (nSPS) is 14.4. The molecular formula is C23H23N3O3S. The predicted octanol–water partition coefficient (Wildman–Crippen LogP) is 4.09. The summed E-state index contributed by atoms with van der Waals surface area (Å²) in [5.74, 6) is 0.632. The summed E-state index contributed by atoms with van der Waals surface area (Å²) in [7, 11) is 0. The summed E-state index contributed by atoms with van der Waals surface area (Å²) < 4.78 is 5.91. The second kappa shape index (κ2) is 9.09. The highest BCUT2D eigenvalue weighted by molar-refractivity contribution is 7.12. The Labute approximate surface area is 179 Å². The van der Waals surface area contributed by atoms with Crippen LogP contribution in [0.15, 0.2) is 57.4 Å². The number of furan rings is 1. The molecule has 2 heterocycles. The van der Waals surface area contributed by atoms with E-state index in [4.69, 9.17) is 4.42 Å². The van der Waals surface area contributed by atoms with Crippen LogP contribution in [0.2, 0.25) is 0 Å². The van der Waals surface area contributed by atoms with Gasteiger partial charge in [0.15, 0.2) is 5.76 Å². The van der Waals surface area contributed by atoms with Crippen LogP contribution in [-0.4, -0.2) is 24.1 Å². The number of hydrogen-bond acceptors (Lipinski definition) is 5. The SMILES string of the molecule is Cc1c(C(=O)NCCc2ccccc2)oc2c1/C(=N/NC(=O)c1cccs1)CCC2. The molecule has 0 saturated carbocycles. The Hall–Kier alpha value is -3.19. The third kappa shape index (κ3) is 4.36. The number of aryl methyl sites for hydroxylation is 1. The fraction of sp³-hybridized carbons (Fsp3) is 0.261. The maximum atomic E-state index is 12.7. The molecule has 7 heteroatoms. The lowest BCUT2D eigenvalue weighted by molar-refractivity contribution is 0.0922. The van der Waals surface area contributed by atoms with Crippen molar-refractivity contribution >= 4 is 28.9 Å². The van der Waals surface area contributed by atoms with Gasteiger partial charge in [0.1, 0.15) is 5.76 Å². The molecule has 0 unspecified atom stereocenters. The number of fused-ring (bicyclic) bond motifs is 1. The lowest BCUT2D eigenvalue weighted by Crippen LogP contribution is -2.26. The number of rotatable bonds is 6. The van der Waals surface area contributed by atoms with Crippen LogP contribution >= 0.6 is 11.3 Å². The van der Waals surface area contributed by atoms with Crippen LogP contribution in [0.1, 0.15) is 55.5 Å². The van der Waals surface area contributed by atoms with E-state index in [0.717, 1.165) is 48.3 Å². The summed E-state index contributed by atoms with van der Waals surface area (Å²) in [6, 6.07) is 13.6. The molecule has 2 N–H and O–H groups in total. The van der Waals surface area contributed by atoms with Crippen LogP contribution in [0.3, 0.4) is 0 Å². The lowest BCUT2D eigenvalue weighted by atomic mass is 9.93. The first kappa shape index (κ1) is 20.1. The standard InChI is InChI=1S/C23H23N3O3S/c1-15-20-17(25-26-22(27)19-11-6-14-30-19)9-5-10-18(20)29-21(15)23(28)24-13-12-16-7-3-2-4-8-16/h2-4,6-8,11,14H,5,9-10,12-13H2,1H3,(H,24,28)(H,26,27)/b25-17+. The Kier molecular flexibility index (Phi) is 6.09. The molecule has 2 amide bonds. The largest absolute Gasteiger partial charge is 0.455 e. The van der Waals surface area contributed by atoms with E-state index >= 15 is 0 Å². The van der Waals surface area contributed by atoms with Crippen molar-refractivity contribution in [3.8, 4) is 0 Å². The van der Waals surface area contributed by atoms with E-state index < -0.39 is 0 Å². The van der Waals surface area contributed by atoms with Gasteiger partial charge >= 0.3 is 0 Å². The minimum Gasteiger partial charge on any atom is -0.455 e. The molecule has 0 saturated heterocycles. The van der Waals surface area contributed by atoms with Gasteiger partial charge in [0, 0.05) is 24.1 Å². The van der Waals surface area contributed by atoms with Crippen molar-refractivity contribution in [1.29, 1.82) is 0 Å². The molecule has 3 aromatic rings. The van der Waals surface area contributed by atoms with Crippen LogP contribution < -0.4 is 10.7 Å². The van der Waals surface area contributed by atoms with Gasteiger partial charge in [-0.2, -0.15) is 5.10 Å². The average molecular weight is 422 g/mol. The maximum absolute atomic E-state index is 12.7. The van der Waals surface area contributed by atoms with E-state index in [1.54, 1.807) is 6.07 Å². The summed E-state index contributed by atoms with van der Waals surface area (Å²) in [4.78, 5) is 25.5. The summed E-state index contributed by atoms with van der Waals surface area (Å²) in [6.07, 6.45) is 3.11. The number of nitrogens with one attached hydrogen (secondary N) is 2. The minimum absolute atomic E-state index is 0.222. The van der Waals surface area contributed by atoms with Gasteiger partial charge in [-0.1, -0.05) is 36.4 Å². The van der Waals surface area contributed by atoms with E-state index in [-0.39, 0.29) is 11.8 Å². The Bertz CT molecular complexity index is 1070. The van der Waals surface area contributed by atoms with Crippen LogP contribution in [-0.2, 0) is 12.8 Å². The summed E-state index contributed by atoms with van der Waals surface area (Å²) >= 11 is 1.37. The van der Waals surface area contributed by atoms with E-state index in [0.29, 0.717) is 17.2 Å². The Morgan fingerprint density at radius 2 is 1.93 bits per heavy atom. The molecule has 2 aromatic heterocycles. The first-order chi connectivity index (χ1) is 14.6. The Balaban J connectivity index is 1.46. The van der Waals surface area contributed by atoms with E-state index in [2.05, 4.69) is 15.8 Å². The van der Waals surface area contributed by atoms with Crippen LogP contribution in [0.5, 0.6) is 0 Å². The second-order valence-electron chi connectivity index (χ2n) is 7.18. The molecule has 0 aliphatic heterocycles. The predicted molar refractivity (Wildman–Crippen MR) is 117 cm³/mol. The van der Waals surface area contributed by atoms with Gasteiger partial charge in [0.2, 0.25) is 0 Å². The number of hydrogen-bond donors (Lipinski definition) is 2. The van der Waals surface area contributed by atoms with E-state index in [1.807, 2.05) is 48.7 Å². The zero-order valence-electron chi connectivity index (χ0n) is 16.7.